The van der Waals surface area contributed by atoms with E-state index in [2.05, 4.69) is 20.1 Å². The molecule has 0 bridgehead atoms. The summed E-state index contributed by atoms with van der Waals surface area (Å²) in [6.45, 7) is 0.305. The Kier molecular flexibility index (Phi) is 7.78. The van der Waals surface area contributed by atoms with E-state index in [1.54, 1.807) is 43.5 Å². The summed E-state index contributed by atoms with van der Waals surface area (Å²) in [4.78, 5) is 36.1. The zero-order chi connectivity index (χ0) is 21.2. The monoisotopic (exact) mass is 398 g/mol. The summed E-state index contributed by atoms with van der Waals surface area (Å²) in [7, 11) is 3.95. The van der Waals surface area contributed by atoms with Gasteiger partial charge in [0.1, 0.15) is 11.4 Å². The number of para-hydroxylation sites is 1. The normalized spacial score (nSPS) is 10.7. The number of carbonyl (C=O) groups excluding carboxylic acids is 3. The van der Waals surface area contributed by atoms with Crippen LogP contribution in [-0.2, 0) is 25.6 Å². The first-order valence-electron chi connectivity index (χ1n) is 8.63. The van der Waals surface area contributed by atoms with Crippen LogP contribution in [0.2, 0.25) is 0 Å². The van der Waals surface area contributed by atoms with Crippen molar-refractivity contribution in [3.05, 3.63) is 71.4 Å². The Morgan fingerprint density at radius 2 is 1.62 bits per heavy atom. The summed E-state index contributed by atoms with van der Waals surface area (Å²) < 4.78 is 14.3. The van der Waals surface area contributed by atoms with Crippen molar-refractivity contribution >= 4 is 23.5 Å². The number of methoxy groups -OCH3 is 3. The lowest BCUT2D eigenvalue weighted by molar-refractivity contribution is -0.138. The predicted octanol–water partition coefficient (Wildman–Crippen LogP) is 2.27. The average Bonchev–Trinajstić information content (AvgIpc) is 2.76. The van der Waals surface area contributed by atoms with E-state index in [9.17, 15) is 14.4 Å². The summed E-state index contributed by atoms with van der Waals surface area (Å²) >= 11 is 0. The number of rotatable bonds is 8. The molecule has 0 radical (unpaired) electrons. The van der Waals surface area contributed by atoms with Gasteiger partial charge in [-0.1, -0.05) is 24.3 Å². The van der Waals surface area contributed by atoms with Gasteiger partial charge in [0, 0.05) is 6.54 Å². The van der Waals surface area contributed by atoms with Gasteiger partial charge >= 0.3 is 11.9 Å². The second kappa shape index (κ2) is 10.5. The van der Waals surface area contributed by atoms with Gasteiger partial charge in [0.25, 0.3) is 5.91 Å². The van der Waals surface area contributed by atoms with Crippen LogP contribution >= 0.6 is 0 Å². The number of hydrogen-bond acceptors (Lipinski definition) is 7. The summed E-state index contributed by atoms with van der Waals surface area (Å²) in [6.07, 6.45) is 0.956. The van der Waals surface area contributed by atoms with Crippen molar-refractivity contribution in [2.75, 3.05) is 26.6 Å². The van der Waals surface area contributed by atoms with Gasteiger partial charge in [-0.2, -0.15) is 0 Å². The molecule has 0 aliphatic rings. The van der Waals surface area contributed by atoms with Gasteiger partial charge in [-0.3, -0.25) is 4.79 Å². The first kappa shape index (κ1) is 21.5. The largest absolute Gasteiger partial charge is 0.497 e. The Hall–Kier alpha value is -3.81. The molecule has 0 aliphatic heterocycles. The van der Waals surface area contributed by atoms with Crippen molar-refractivity contribution in [2.24, 2.45) is 0 Å². The molecule has 2 rings (SSSR count). The average molecular weight is 398 g/mol. The minimum Gasteiger partial charge on any atom is -0.497 e. The van der Waals surface area contributed by atoms with Crippen molar-refractivity contribution < 1.29 is 28.6 Å². The van der Waals surface area contributed by atoms with E-state index < -0.39 is 11.9 Å². The van der Waals surface area contributed by atoms with Gasteiger partial charge in [0.05, 0.1) is 38.7 Å². The molecule has 8 nitrogen and oxygen atoms in total. The topological polar surface area (TPSA) is 103 Å². The second-order valence-corrected chi connectivity index (χ2v) is 5.77. The van der Waals surface area contributed by atoms with Gasteiger partial charge in [0.15, 0.2) is 0 Å². The third kappa shape index (κ3) is 6.10. The van der Waals surface area contributed by atoms with E-state index in [1.165, 1.54) is 14.2 Å². The van der Waals surface area contributed by atoms with Crippen LogP contribution in [0.4, 0.5) is 5.69 Å². The molecule has 2 N–H and O–H groups in total. The van der Waals surface area contributed by atoms with E-state index in [0.717, 1.165) is 17.4 Å². The van der Waals surface area contributed by atoms with Gasteiger partial charge in [-0.05, 0) is 29.8 Å². The number of benzene rings is 2. The fourth-order valence-electron chi connectivity index (χ4n) is 2.39. The van der Waals surface area contributed by atoms with Crippen molar-refractivity contribution in [3.63, 3.8) is 0 Å². The molecule has 8 heteroatoms. The molecule has 0 aliphatic carbocycles. The molecule has 0 atom stereocenters. The van der Waals surface area contributed by atoms with Crippen molar-refractivity contribution in [2.45, 2.75) is 6.54 Å². The number of hydrogen-bond donors (Lipinski definition) is 2. The fraction of sp³-hybridized carbons (Fsp3) is 0.190. The van der Waals surface area contributed by atoms with Gasteiger partial charge in [-0.25, -0.2) is 9.59 Å². The Balaban J connectivity index is 2.17. The standard InChI is InChI=1S/C21H22N2O6/c1-27-15-10-8-14(9-11-15)13-22-20(25)16-6-4-5-7-17(16)23-18(21(26)29-3)12-19(24)28-2/h4-12,23H,13H2,1-3H3,(H,22,25)/b18-12+. The first-order chi connectivity index (χ1) is 14.0. The number of ether oxygens (including phenoxy) is 3. The summed E-state index contributed by atoms with van der Waals surface area (Å²) in [6, 6.07) is 13.9. The Morgan fingerprint density at radius 1 is 0.931 bits per heavy atom. The fourth-order valence-corrected chi connectivity index (χ4v) is 2.39. The maximum Gasteiger partial charge on any atom is 0.354 e. The minimum absolute atomic E-state index is 0.158. The van der Waals surface area contributed by atoms with Crippen LogP contribution in [0.3, 0.4) is 0 Å². The van der Waals surface area contributed by atoms with E-state index in [0.29, 0.717) is 17.8 Å². The molecule has 0 saturated carbocycles. The molecule has 29 heavy (non-hydrogen) atoms. The van der Waals surface area contributed by atoms with Gasteiger partial charge in [0.2, 0.25) is 0 Å². The van der Waals surface area contributed by atoms with Crippen LogP contribution in [0.1, 0.15) is 15.9 Å². The van der Waals surface area contributed by atoms with Crippen molar-refractivity contribution in [1.82, 2.24) is 5.32 Å². The second-order valence-electron chi connectivity index (χ2n) is 5.77. The molecular formula is C21H22N2O6. The SMILES string of the molecule is COC(=O)/C=C(/Nc1ccccc1C(=O)NCc1ccc(OC)cc1)C(=O)OC. The molecule has 1 amide bonds. The summed E-state index contributed by atoms with van der Waals surface area (Å²) in [5.41, 5.74) is 1.36. The van der Waals surface area contributed by atoms with Crippen LogP contribution < -0.4 is 15.4 Å². The van der Waals surface area contributed by atoms with Gasteiger partial charge < -0.3 is 24.8 Å². The van der Waals surface area contributed by atoms with Crippen LogP contribution in [0.25, 0.3) is 0 Å². The Labute approximate surface area is 168 Å². The lowest BCUT2D eigenvalue weighted by Crippen LogP contribution is -2.24. The number of carbonyl (C=O) groups is 3. The summed E-state index contributed by atoms with van der Waals surface area (Å²) in [5, 5.41) is 5.58. The molecule has 0 saturated heterocycles. The van der Waals surface area contributed by atoms with Crippen LogP contribution in [-0.4, -0.2) is 39.2 Å². The molecule has 2 aromatic rings. The lowest BCUT2D eigenvalue weighted by atomic mass is 10.1. The highest BCUT2D eigenvalue weighted by atomic mass is 16.5. The number of nitrogens with one attached hydrogen (secondary N) is 2. The molecule has 0 fully saturated rings. The molecule has 0 heterocycles. The minimum atomic E-state index is -0.774. The van der Waals surface area contributed by atoms with E-state index >= 15 is 0 Å². The highest BCUT2D eigenvalue weighted by molar-refractivity contribution is 6.03. The number of amides is 1. The molecule has 0 unspecified atom stereocenters. The van der Waals surface area contributed by atoms with Crippen molar-refractivity contribution in [3.8, 4) is 5.75 Å². The zero-order valence-corrected chi connectivity index (χ0v) is 16.4. The molecule has 0 aromatic heterocycles. The highest BCUT2D eigenvalue weighted by Gasteiger charge is 2.17. The first-order valence-corrected chi connectivity index (χ1v) is 8.63. The van der Waals surface area contributed by atoms with Crippen LogP contribution in [0.5, 0.6) is 5.75 Å². The Bertz CT molecular complexity index is 906. The third-order valence-electron chi connectivity index (χ3n) is 3.92. The molecule has 152 valence electrons. The van der Waals surface area contributed by atoms with Gasteiger partial charge in [-0.15, -0.1) is 0 Å². The zero-order valence-electron chi connectivity index (χ0n) is 16.4. The highest BCUT2D eigenvalue weighted by Crippen LogP contribution is 2.18. The van der Waals surface area contributed by atoms with Crippen molar-refractivity contribution in [1.29, 1.82) is 0 Å². The third-order valence-corrected chi connectivity index (χ3v) is 3.92. The van der Waals surface area contributed by atoms with E-state index in [1.807, 2.05) is 12.1 Å². The smallest absolute Gasteiger partial charge is 0.354 e. The summed E-state index contributed by atoms with van der Waals surface area (Å²) in [5.74, 6) is -1.14. The number of esters is 2. The quantitative estimate of drug-likeness (QED) is 0.519. The molecule has 0 spiro atoms. The molecular weight excluding hydrogens is 376 g/mol. The van der Waals surface area contributed by atoms with E-state index in [-0.39, 0.29) is 11.6 Å². The van der Waals surface area contributed by atoms with E-state index in [4.69, 9.17) is 4.74 Å². The predicted molar refractivity (Wildman–Crippen MR) is 106 cm³/mol. The number of anilines is 1. The Morgan fingerprint density at radius 3 is 2.24 bits per heavy atom. The molecule has 2 aromatic carbocycles. The maximum atomic E-state index is 12.7. The maximum absolute atomic E-state index is 12.7. The van der Waals surface area contributed by atoms with Crippen LogP contribution in [0.15, 0.2) is 60.3 Å². The lowest BCUT2D eigenvalue weighted by Gasteiger charge is -2.13. The van der Waals surface area contributed by atoms with Crippen LogP contribution in [0, 0.1) is 0 Å².